The third-order valence-corrected chi connectivity index (χ3v) is 8.06. The molecule has 3 atom stereocenters. The maximum absolute atomic E-state index is 16.4. The zero-order chi connectivity index (χ0) is 31.9. The topological polar surface area (TPSA) is 107 Å². The molecule has 2 aromatic heterocycles. The second-order valence-electron chi connectivity index (χ2n) is 11.2. The molecule has 236 valence electrons. The molecule has 5 rings (SSSR count). The van der Waals surface area contributed by atoms with Gasteiger partial charge < -0.3 is 24.8 Å². The van der Waals surface area contributed by atoms with E-state index in [1.54, 1.807) is 4.90 Å². The van der Waals surface area contributed by atoms with E-state index in [9.17, 15) is 22.8 Å². The number of carbonyl (C=O) groups is 1. The van der Waals surface area contributed by atoms with Crippen LogP contribution in [0.4, 0.5) is 39.3 Å². The Morgan fingerprint density at radius 1 is 1.05 bits per heavy atom. The number of hydrogen-bond donors (Lipinski definition) is 2. The summed E-state index contributed by atoms with van der Waals surface area (Å²) in [7, 11) is 1.91. The molecule has 44 heavy (non-hydrogen) atoms. The lowest BCUT2D eigenvalue weighted by Crippen LogP contribution is -2.55. The molecule has 2 aliphatic heterocycles. The van der Waals surface area contributed by atoms with Crippen LogP contribution in [0.25, 0.3) is 11.1 Å². The molecule has 2 aliphatic rings. The molecule has 15 heteroatoms. The fourth-order valence-corrected chi connectivity index (χ4v) is 5.53. The van der Waals surface area contributed by atoms with Crippen molar-refractivity contribution < 1.29 is 31.5 Å². The monoisotopic (exact) mass is 621 g/mol. The number of rotatable bonds is 5. The van der Waals surface area contributed by atoms with Gasteiger partial charge in [0.25, 0.3) is 5.91 Å². The standard InChI is InChI=1S/C29H32F5N7O3/c1-15-12-41(13-16(2)39(15)4)22-8-21(30)24(18-9-36-28(37-10-18)40-5-6-44-17(3)14-40)25(31)26(22)38-27(43)19-11-35-23(42)7-20(19)29(32,33)34/h7-11,15-17H,5-6,12-14H2,1-4H3,(H,35,42)(H,38,43)/t15-,16+,17-/m0/s1. The quantitative estimate of drug-likeness (QED) is 0.410. The van der Waals surface area contributed by atoms with Crippen LogP contribution >= 0.6 is 0 Å². The lowest BCUT2D eigenvalue weighted by molar-refractivity contribution is -0.138. The van der Waals surface area contributed by atoms with E-state index in [-0.39, 0.29) is 35.5 Å². The molecule has 10 nitrogen and oxygen atoms in total. The van der Waals surface area contributed by atoms with E-state index >= 15 is 8.78 Å². The molecule has 0 bridgehead atoms. The Hall–Kier alpha value is -4.11. The van der Waals surface area contributed by atoms with Crippen LogP contribution in [0, 0.1) is 11.6 Å². The van der Waals surface area contributed by atoms with Gasteiger partial charge in [-0.25, -0.2) is 18.7 Å². The highest BCUT2D eigenvalue weighted by Gasteiger charge is 2.37. The Morgan fingerprint density at radius 3 is 2.32 bits per heavy atom. The highest BCUT2D eigenvalue weighted by atomic mass is 19.4. The number of piperazine rings is 1. The minimum atomic E-state index is -5.05. The minimum Gasteiger partial charge on any atom is -0.375 e. The number of alkyl halides is 3. The number of likely N-dealkylation sites (N-methyl/N-ethyl adjacent to an activating group) is 1. The minimum absolute atomic E-state index is 0.0350. The number of morpholine rings is 1. The van der Waals surface area contributed by atoms with Crippen molar-refractivity contribution in [2.75, 3.05) is 55.0 Å². The number of pyridine rings is 1. The van der Waals surface area contributed by atoms with Crippen molar-refractivity contribution in [3.8, 4) is 11.1 Å². The van der Waals surface area contributed by atoms with E-state index in [0.717, 1.165) is 6.07 Å². The largest absolute Gasteiger partial charge is 0.417 e. The summed E-state index contributed by atoms with van der Waals surface area (Å²) >= 11 is 0. The number of amides is 1. The number of hydrogen-bond acceptors (Lipinski definition) is 8. The Labute approximate surface area is 249 Å². The van der Waals surface area contributed by atoms with Crippen molar-refractivity contribution in [2.24, 2.45) is 0 Å². The van der Waals surface area contributed by atoms with Gasteiger partial charge in [0, 0.05) is 74.5 Å². The lowest BCUT2D eigenvalue weighted by Gasteiger charge is -2.44. The summed E-state index contributed by atoms with van der Waals surface area (Å²) in [6.07, 6.45) is -1.99. The zero-order valence-electron chi connectivity index (χ0n) is 24.5. The van der Waals surface area contributed by atoms with Gasteiger partial charge in [0.1, 0.15) is 11.5 Å². The first kappa shape index (κ1) is 31.3. The molecule has 0 radical (unpaired) electrons. The van der Waals surface area contributed by atoms with Crippen LogP contribution in [0.1, 0.15) is 36.7 Å². The number of H-pyrrole nitrogens is 1. The Kier molecular flexibility index (Phi) is 8.62. The predicted molar refractivity (Wildman–Crippen MR) is 154 cm³/mol. The number of aromatic nitrogens is 3. The zero-order valence-corrected chi connectivity index (χ0v) is 24.5. The smallest absolute Gasteiger partial charge is 0.375 e. The Balaban J connectivity index is 1.58. The number of halogens is 5. The number of aromatic amines is 1. The van der Waals surface area contributed by atoms with Crippen LogP contribution in [-0.4, -0.2) is 83.8 Å². The number of carbonyl (C=O) groups excluding carboxylic acids is 1. The maximum Gasteiger partial charge on any atom is 0.417 e. The van der Waals surface area contributed by atoms with Crippen LogP contribution in [0.5, 0.6) is 0 Å². The van der Waals surface area contributed by atoms with E-state index in [1.807, 2.05) is 32.7 Å². The lowest BCUT2D eigenvalue weighted by atomic mass is 10.0. The highest BCUT2D eigenvalue weighted by Crippen LogP contribution is 2.40. The van der Waals surface area contributed by atoms with Crippen molar-refractivity contribution in [1.29, 1.82) is 0 Å². The average molecular weight is 622 g/mol. The van der Waals surface area contributed by atoms with Crippen molar-refractivity contribution in [2.45, 2.75) is 45.1 Å². The molecule has 0 saturated carbocycles. The molecule has 0 unspecified atom stereocenters. The van der Waals surface area contributed by atoms with Crippen LogP contribution in [0.15, 0.2) is 35.5 Å². The molecule has 3 aromatic rings. The van der Waals surface area contributed by atoms with Crippen LogP contribution in [-0.2, 0) is 10.9 Å². The normalized spacial score (nSPS) is 21.4. The summed E-state index contributed by atoms with van der Waals surface area (Å²) in [5.41, 5.74) is -4.64. The highest BCUT2D eigenvalue weighted by molar-refractivity contribution is 6.07. The van der Waals surface area contributed by atoms with Crippen LogP contribution < -0.4 is 20.7 Å². The summed E-state index contributed by atoms with van der Waals surface area (Å²) < 4.78 is 78.9. The van der Waals surface area contributed by atoms with E-state index < -0.39 is 51.7 Å². The van der Waals surface area contributed by atoms with Crippen LogP contribution in [0.3, 0.4) is 0 Å². The molecular formula is C29H32F5N7O3. The molecule has 0 aliphatic carbocycles. The maximum atomic E-state index is 16.4. The van der Waals surface area contributed by atoms with E-state index in [4.69, 9.17) is 4.74 Å². The molecule has 2 saturated heterocycles. The second kappa shape index (κ2) is 12.1. The molecule has 4 heterocycles. The first-order valence-electron chi connectivity index (χ1n) is 14.0. The van der Waals surface area contributed by atoms with Gasteiger partial charge in [-0.2, -0.15) is 13.2 Å². The molecule has 2 N–H and O–H groups in total. The van der Waals surface area contributed by atoms with Crippen molar-refractivity contribution >= 4 is 23.2 Å². The summed E-state index contributed by atoms with van der Waals surface area (Å²) in [6.45, 7) is 7.92. The van der Waals surface area contributed by atoms with Gasteiger partial charge >= 0.3 is 6.18 Å². The number of ether oxygens (including phenoxy) is 1. The van der Waals surface area contributed by atoms with Crippen molar-refractivity contribution in [3.63, 3.8) is 0 Å². The third-order valence-electron chi connectivity index (χ3n) is 8.06. The SMILES string of the molecule is C[C@@H]1CN(c2cc(F)c(-c3cnc(N4CCO[C@@H](C)C4)nc3)c(F)c2NC(=O)c2c[nH]c(=O)cc2C(F)(F)F)C[C@H](C)N1C. The first-order valence-corrected chi connectivity index (χ1v) is 14.0. The fraction of sp³-hybridized carbons (Fsp3) is 0.448. The van der Waals surface area contributed by atoms with E-state index in [2.05, 4.69) is 25.2 Å². The number of nitrogens with one attached hydrogen (secondary N) is 2. The Bertz CT molecular complexity index is 1590. The summed E-state index contributed by atoms with van der Waals surface area (Å²) in [5, 5.41) is 2.25. The van der Waals surface area contributed by atoms with Gasteiger partial charge in [0.15, 0.2) is 5.82 Å². The molecule has 1 aromatic carbocycles. The number of benzene rings is 1. The van der Waals surface area contributed by atoms with E-state index in [1.165, 1.54) is 12.4 Å². The predicted octanol–water partition coefficient (Wildman–Crippen LogP) is 4.14. The summed E-state index contributed by atoms with van der Waals surface area (Å²) in [5.74, 6) is -3.17. The third kappa shape index (κ3) is 6.24. The molecule has 2 fully saturated rings. The fourth-order valence-electron chi connectivity index (χ4n) is 5.53. The van der Waals surface area contributed by atoms with Crippen LogP contribution in [0.2, 0.25) is 0 Å². The summed E-state index contributed by atoms with van der Waals surface area (Å²) in [4.78, 5) is 41.2. The number of nitrogens with zero attached hydrogens (tertiary/aromatic N) is 5. The van der Waals surface area contributed by atoms with Gasteiger partial charge in [0.2, 0.25) is 11.5 Å². The first-order chi connectivity index (χ1) is 20.7. The van der Waals surface area contributed by atoms with Gasteiger partial charge in [0.05, 0.1) is 35.1 Å². The van der Waals surface area contributed by atoms with Gasteiger partial charge in [-0.15, -0.1) is 0 Å². The Morgan fingerprint density at radius 2 is 1.70 bits per heavy atom. The van der Waals surface area contributed by atoms with Gasteiger partial charge in [-0.1, -0.05) is 0 Å². The van der Waals surface area contributed by atoms with Crippen molar-refractivity contribution in [3.05, 3.63) is 63.8 Å². The second-order valence-corrected chi connectivity index (χ2v) is 11.2. The molecule has 0 spiro atoms. The number of anilines is 3. The molecular weight excluding hydrogens is 589 g/mol. The van der Waals surface area contributed by atoms with Crippen molar-refractivity contribution in [1.82, 2.24) is 19.9 Å². The summed E-state index contributed by atoms with van der Waals surface area (Å²) in [6, 6.07) is 1.20. The van der Waals surface area contributed by atoms with Gasteiger partial charge in [-0.3, -0.25) is 14.5 Å². The average Bonchev–Trinajstić information content (AvgIpc) is 2.96. The van der Waals surface area contributed by atoms with E-state index in [0.29, 0.717) is 44.9 Å². The van der Waals surface area contributed by atoms with Gasteiger partial charge in [-0.05, 0) is 27.8 Å². The molecule has 1 amide bonds.